The summed E-state index contributed by atoms with van der Waals surface area (Å²) in [5, 5.41) is 8.92. The van der Waals surface area contributed by atoms with Crippen LogP contribution in [0.1, 0.15) is 39.2 Å². The molecule has 24 heavy (non-hydrogen) atoms. The number of aliphatic hydroxyl groups excluding tert-OH is 1. The van der Waals surface area contributed by atoms with E-state index in [0.29, 0.717) is 25.9 Å². The van der Waals surface area contributed by atoms with Crippen LogP contribution in [0.2, 0.25) is 0 Å². The molecule has 6 nitrogen and oxygen atoms in total. The van der Waals surface area contributed by atoms with Crippen LogP contribution in [0.3, 0.4) is 0 Å². The van der Waals surface area contributed by atoms with Crippen LogP contribution in [0, 0.1) is 5.41 Å². The van der Waals surface area contributed by atoms with E-state index in [2.05, 4.69) is 4.72 Å². The number of carbonyl (C=O) groups excluding carboxylic acids is 1. The first-order valence-corrected chi connectivity index (χ1v) is 9.66. The Bertz CT molecular complexity index is 713. The van der Waals surface area contributed by atoms with E-state index in [0.717, 1.165) is 17.7 Å². The van der Waals surface area contributed by atoms with Crippen molar-refractivity contribution in [3.63, 3.8) is 0 Å². The molecule has 1 aromatic rings. The maximum atomic E-state index is 12.5. The number of hydrogen-bond donors (Lipinski definition) is 2. The molecule has 2 rings (SSSR count). The normalized spacial score (nSPS) is 14.8. The minimum absolute atomic E-state index is 0.0342. The summed E-state index contributed by atoms with van der Waals surface area (Å²) in [6.07, 6.45) is 2.05. The fraction of sp³-hybridized carbons (Fsp3) is 0.588. The van der Waals surface area contributed by atoms with Crippen molar-refractivity contribution in [3.8, 4) is 0 Å². The third kappa shape index (κ3) is 4.34. The fourth-order valence-corrected chi connectivity index (χ4v) is 4.18. The average Bonchev–Trinajstić information content (AvgIpc) is 2.94. The van der Waals surface area contributed by atoms with Gasteiger partial charge in [-0.05, 0) is 48.4 Å². The van der Waals surface area contributed by atoms with Crippen molar-refractivity contribution < 1.29 is 18.3 Å². The van der Waals surface area contributed by atoms with E-state index in [1.807, 2.05) is 13.8 Å². The second kappa shape index (κ2) is 7.21. The molecule has 0 aliphatic carbocycles. The molecular formula is C17H26N2O4S. The van der Waals surface area contributed by atoms with Crippen LogP contribution < -0.4 is 9.62 Å². The summed E-state index contributed by atoms with van der Waals surface area (Å²) in [4.78, 5) is 13.5. The molecule has 0 radical (unpaired) electrons. The molecule has 0 atom stereocenters. The summed E-state index contributed by atoms with van der Waals surface area (Å²) < 4.78 is 27.7. The molecular weight excluding hydrogens is 328 g/mol. The van der Waals surface area contributed by atoms with Gasteiger partial charge in [0.25, 0.3) is 0 Å². The summed E-state index contributed by atoms with van der Waals surface area (Å²) in [6.45, 7) is 6.46. The van der Waals surface area contributed by atoms with Gasteiger partial charge in [-0.2, -0.15) is 0 Å². The molecule has 1 aromatic carbocycles. The Labute approximate surface area is 143 Å². The lowest BCUT2D eigenvalue weighted by Gasteiger charge is -2.24. The van der Waals surface area contributed by atoms with Crippen LogP contribution in [0.25, 0.3) is 0 Å². The monoisotopic (exact) mass is 354 g/mol. The summed E-state index contributed by atoms with van der Waals surface area (Å²) in [5.74, 6) is -0.0342. The molecule has 0 fully saturated rings. The molecule has 2 N–H and O–H groups in total. The van der Waals surface area contributed by atoms with Gasteiger partial charge in [0.2, 0.25) is 15.9 Å². The molecule has 1 amide bonds. The molecule has 0 saturated heterocycles. The first kappa shape index (κ1) is 18.9. The number of benzene rings is 1. The zero-order valence-corrected chi connectivity index (χ0v) is 15.3. The summed E-state index contributed by atoms with van der Waals surface area (Å²) in [5.41, 5.74) is 1.45. The highest BCUT2D eigenvalue weighted by Crippen LogP contribution is 2.30. The van der Waals surface area contributed by atoms with Gasteiger partial charge in [-0.3, -0.25) is 4.79 Å². The van der Waals surface area contributed by atoms with Crippen molar-refractivity contribution in [2.75, 3.05) is 24.6 Å². The van der Waals surface area contributed by atoms with Gasteiger partial charge < -0.3 is 10.0 Å². The topological polar surface area (TPSA) is 86.7 Å². The minimum atomic E-state index is -3.59. The van der Waals surface area contributed by atoms with Crippen molar-refractivity contribution in [2.24, 2.45) is 5.41 Å². The van der Waals surface area contributed by atoms with Crippen LogP contribution >= 0.6 is 0 Å². The molecule has 1 heterocycles. The molecule has 0 unspecified atom stereocenters. The zero-order chi connectivity index (χ0) is 18.0. The van der Waals surface area contributed by atoms with Crippen molar-refractivity contribution in [1.29, 1.82) is 0 Å². The molecule has 0 spiro atoms. The maximum Gasteiger partial charge on any atom is 0.240 e. The Kier molecular flexibility index (Phi) is 5.67. The molecule has 134 valence electrons. The number of nitrogens with zero attached hydrogens (tertiary/aromatic N) is 1. The van der Waals surface area contributed by atoms with Crippen molar-refractivity contribution >= 4 is 21.6 Å². The molecule has 1 aliphatic rings. The summed E-state index contributed by atoms with van der Waals surface area (Å²) >= 11 is 0. The molecule has 0 aromatic heterocycles. The number of aliphatic hydroxyl groups is 1. The second-order valence-electron chi connectivity index (χ2n) is 7.03. The Morgan fingerprint density at radius 2 is 2.08 bits per heavy atom. The number of carbonyl (C=O) groups is 1. The highest BCUT2D eigenvalue weighted by molar-refractivity contribution is 7.89. The van der Waals surface area contributed by atoms with Gasteiger partial charge in [0.1, 0.15) is 0 Å². The molecule has 7 heteroatoms. The average molecular weight is 354 g/mol. The van der Waals surface area contributed by atoms with E-state index in [-0.39, 0.29) is 22.8 Å². The second-order valence-corrected chi connectivity index (χ2v) is 8.79. The largest absolute Gasteiger partial charge is 0.396 e. The predicted molar refractivity (Wildman–Crippen MR) is 93.5 cm³/mol. The number of anilines is 1. The maximum absolute atomic E-state index is 12.5. The number of sulfonamides is 1. The lowest BCUT2D eigenvalue weighted by Crippen LogP contribution is -2.34. The SMILES string of the molecule is CC(=O)N1CCc2cc(S(=O)(=O)NCC(C)(C)CCCO)ccc21. The van der Waals surface area contributed by atoms with Crippen molar-refractivity contribution in [3.05, 3.63) is 23.8 Å². The van der Waals surface area contributed by atoms with Gasteiger partial charge in [-0.15, -0.1) is 0 Å². The number of rotatable bonds is 7. The van der Waals surface area contributed by atoms with Crippen LogP contribution in [0.4, 0.5) is 5.69 Å². The van der Waals surface area contributed by atoms with E-state index in [1.54, 1.807) is 23.1 Å². The van der Waals surface area contributed by atoms with Gasteiger partial charge in [0, 0.05) is 32.3 Å². The number of hydrogen-bond acceptors (Lipinski definition) is 4. The predicted octanol–water partition coefficient (Wildman–Crippen LogP) is 1.67. The van der Waals surface area contributed by atoms with E-state index in [9.17, 15) is 13.2 Å². The summed E-state index contributed by atoms with van der Waals surface area (Å²) in [7, 11) is -3.59. The third-order valence-corrected chi connectivity index (χ3v) is 5.79. The zero-order valence-electron chi connectivity index (χ0n) is 14.5. The van der Waals surface area contributed by atoms with E-state index < -0.39 is 10.0 Å². The number of amides is 1. The molecule has 1 aliphatic heterocycles. The smallest absolute Gasteiger partial charge is 0.240 e. The van der Waals surface area contributed by atoms with Gasteiger partial charge >= 0.3 is 0 Å². The van der Waals surface area contributed by atoms with E-state index >= 15 is 0 Å². The lowest BCUT2D eigenvalue weighted by molar-refractivity contribution is -0.116. The lowest BCUT2D eigenvalue weighted by atomic mass is 9.88. The van der Waals surface area contributed by atoms with E-state index in [1.165, 1.54) is 6.92 Å². The Hall–Kier alpha value is -1.44. The Morgan fingerprint density at radius 3 is 2.71 bits per heavy atom. The number of nitrogens with one attached hydrogen (secondary N) is 1. The fourth-order valence-electron chi connectivity index (χ4n) is 2.89. The first-order valence-electron chi connectivity index (χ1n) is 8.18. The minimum Gasteiger partial charge on any atom is -0.396 e. The van der Waals surface area contributed by atoms with E-state index in [4.69, 9.17) is 5.11 Å². The molecule has 0 saturated carbocycles. The van der Waals surface area contributed by atoms with Crippen molar-refractivity contribution in [2.45, 2.75) is 44.9 Å². The van der Waals surface area contributed by atoms with Gasteiger partial charge in [-0.25, -0.2) is 13.1 Å². The highest BCUT2D eigenvalue weighted by Gasteiger charge is 2.26. The molecule has 0 bridgehead atoms. The van der Waals surface area contributed by atoms with Crippen LogP contribution in [0.15, 0.2) is 23.1 Å². The number of fused-ring (bicyclic) bond motifs is 1. The van der Waals surface area contributed by atoms with Gasteiger partial charge in [-0.1, -0.05) is 13.8 Å². The van der Waals surface area contributed by atoms with Gasteiger partial charge in [0.15, 0.2) is 0 Å². The third-order valence-electron chi connectivity index (χ3n) is 4.39. The van der Waals surface area contributed by atoms with Crippen LogP contribution in [-0.4, -0.2) is 39.1 Å². The summed E-state index contributed by atoms with van der Waals surface area (Å²) in [6, 6.07) is 4.90. The highest BCUT2D eigenvalue weighted by atomic mass is 32.2. The van der Waals surface area contributed by atoms with Crippen LogP contribution in [-0.2, 0) is 21.2 Å². The standard InChI is InChI=1S/C17H26N2O4S/c1-13(21)19-9-7-14-11-15(5-6-16(14)19)24(22,23)18-12-17(2,3)8-4-10-20/h5-6,11,18,20H,4,7-10,12H2,1-3H3. The first-order chi connectivity index (χ1) is 11.2. The Morgan fingerprint density at radius 1 is 1.38 bits per heavy atom. The quantitative estimate of drug-likeness (QED) is 0.780. The van der Waals surface area contributed by atoms with Crippen molar-refractivity contribution in [1.82, 2.24) is 4.72 Å². The Balaban J connectivity index is 2.12. The van der Waals surface area contributed by atoms with Crippen LogP contribution in [0.5, 0.6) is 0 Å². The van der Waals surface area contributed by atoms with Gasteiger partial charge in [0.05, 0.1) is 4.90 Å².